The number of carbonyl (C=O) groups is 2. The van der Waals surface area contributed by atoms with Crippen LogP contribution in [0.5, 0.6) is 5.75 Å². The zero-order valence-electron chi connectivity index (χ0n) is 16.0. The molecule has 2 aromatic rings. The van der Waals surface area contributed by atoms with Gasteiger partial charge in [0.2, 0.25) is 11.8 Å². The Morgan fingerprint density at radius 3 is 2.30 bits per heavy atom. The van der Waals surface area contributed by atoms with Crippen molar-refractivity contribution in [3.63, 3.8) is 0 Å². The number of primary amides is 1. The first-order chi connectivity index (χ1) is 13.0. The minimum atomic E-state index is -0.528. The third-order valence-electron chi connectivity index (χ3n) is 3.94. The Morgan fingerprint density at radius 1 is 1.07 bits per heavy atom. The maximum atomic E-state index is 11.0. The van der Waals surface area contributed by atoms with Gasteiger partial charge in [0.15, 0.2) is 0 Å². The van der Waals surface area contributed by atoms with Crippen LogP contribution in [0, 0.1) is 0 Å². The number of aryl methyl sites for hydroxylation is 1. The number of nitrogens with two attached hydrogens (primary N) is 2. The number of amides is 2. The summed E-state index contributed by atoms with van der Waals surface area (Å²) in [5.41, 5.74) is 12.7. The highest BCUT2D eigenvalue weighted by molar-refractivity contribution is 5.79. The molecule has 146 valence electrons. The van der Waals surface area contributed by atoms with Gasteiger partial charge in [-0.3, -0.25) is 9.59 Å². The van der Waals surface area contributed by atoms with Crippen molar-refractivity contribution in [3.8, 4) is 5.75 Å². The fraction of sp³-hybridized carbons (Fsp3) is 0.333. The van der Waals surface area contributed by atoms with Crippen LogP contribution in [0.3, 0.4) is 0 Å². The molecule has 1 atom stereocenters. The SMILES string of the molecule is CCC(=O)NCc1ccccc1OC.NC(=O)[C@H](N)CCc1ccccc1. The summed E-state index contributed by atoms with van der Waals surface area (Å²) in [6, 6.07) is 17.0. The number of ether oxygens (including phenoxy) is 1. The molecule has 6 heteroatoms. The second-order valence-electron chi connectivity index (χ2n) is 5.98. The van der Waals surface area contributed by atoms with Crippen molar-refractivity contribution in [2.45, 2.75) is 38.8 Å². The van der Waals surface area contributed by atoms with Crippen LogP contribution in [0.25, 0.3) is 0 Å². The molecule has 0 spiro atoms. The summed E-state index contributed by atoms with van der Waals surface area (Å²) in [5, 5.41) is 2.80. The predicted molar refractivity (Wildman–Crippen MR) is 107 cm³/mol. The zero-order chi connectivity index (χ0) is 20.1. The molecule has 2 aromatic carbocycles. The number of hydrogen-bond acceptors (Lipinski definition) is 4. The van der Waals surface area contributed by atoms with E-state index in [4.69, 9.17) is 16.2 Å². The van der Waals surface area contributed by atoms with E-state index < -0.39 is 11.9 Å². The summed E-state index contributed by atoms with van der Waals surface area (Å²) < 4.78 is 5.16. The van der Waals surface area contributed by atoms with E-state index in [1.54, 1.807) is 7.11 Å². The number of carbonyl (C=O) groups excluding carboxylic acids is 2. The topological polar surface area (TPSA) is 107 Å². The highest BCUT2D eigenvalue weighted by Crippen LogP contribution is 2.16. The first kappa shape index (κ1) is 22.2. The van der Waals surface area contributed by atoms with Gasteiger partial charge in [0.25, 0.3) is 0 Å². The van der Waals surface area contributed by atoms with Gasteiger partial charge in [-0.15, -0.1) is 0 Å². The molecule has 2 amide bonds. The monoisotopic (exact) mass is 371 g/mol. The summed E-state index contributed by atoms with van der Waals surface area (Å²) in [6.07, 6.45) is 1.92. The summed E-state index contributed by atoms with van der Waals surface area (Å²) >= 11 is 0. The summed E-state index contributed by atoms with van der Waals surface area (Å²) in [4.78, 5) is 21.7. The minimum Gasteiger partial charge on any atom is -0.496 e. The third kappa shape index (κ3) is 8.87. The molecule has 0 fully saturated rings. The average molecular weight is 371 g/mol. The highest BCUT2D eigenvalue weighted by Gasteiger charge is 2.08. The van der Waals surface area contributed by atoms with Gasteiger partial charge in [-0.05, 0) is 24.5 Å². The highest BCUT2D eigenvalue weighted by atomic mass is 16.5. The third-order valence-corrected chi connectivity index (χ3v) is 3.94. The van der Waals surface area contributed by atoms with E-state index in [0.29, 0.717) is 19.4 Å². The molecular formula is C21H29N3O3. The van der Waals surface area contributed by atoms with Gasteiger partial charge in [-0.2, -0.15) is 0 Å². The maximum Gasteiger partial charge on any atom is 0.234 e. The van der Waals surface area contributed by atoms with Crippen LogP contribution in [-0.4, -0.2) is 25.0 Å². The summed E-state index contributed by atoms with van der Waals surface area (Å²) in [5.74, 6) is 0.427. The Balaban J connectivity index is 0.000000271. The first-order valence-electron chi connectivity index (χ1n) is 8.95. The van der Waals surface area contributed by atoms with Gasteiger partial charge < -0.3 is 21.5 Å². The first-order valence-corrected chi connectivity index (χ1v) is 8.95. The van der Waals surface area contributed by atoms with Crippen LogP contribution in [0.2, 0.25) is 0 Å². The van der Waals surface area contributed by atoms with Crippen molar-refractivity contribution in [1.29, 1.82) is 0 Å². The Morgan fingerprint density at radius 2 is 1.70 bits per heavy atom. The smallest absolute Gasteiger partial charge is 0.234 e. The second-order valence-corrected chi connectivity index (χ2v) is 5.98. The lowest BCUT2D eigenvalue weighted by Gasteiger charge is -2.08. The van der Waals surface area contributed by atoms with Crippen LogP contribution in [0.15, 0.2) is 54.6 Å². The van der Waals surface area contributed by atoms with Crippen LogP contribution >= 0.6 is 0 Å². The normalized spacial score (nSPS) is 10.9. The van der Waals surface area contributed by atoms with Crippen molar-refractivity contribution >= 4 is 11.8 Å². The van der Waals surface area contributed by atoms with E-state index >= 15 is 0 Å². The van der Waals surface area contributed by atoms with Gasteiger partial charge >= 0.3 is 0 Å². The van der Waals surface area contributed by atoms with Crippen LogP contribution < -0.4 is 21.5 Å². The lowest BCUT2D eigenvalue weighted by Crippen LogP contribution is -2.36. The molecule has 0 aliphatic rings. The number of benzene rings is 2. The van der Waals surface area contributed by atoms with E-state index in [0.717, 1.165) is 17.7 Å². The summed E-state index contributed by atoms with van der Waals surface area (Å²) in [7, 11) is 1.63. The average Bonchev–Trinajstić information content (AvgIpc) is 2.71. The molecule has 0 aliphatic carbocycles. The van der Waals surface area contributed by atoms with Crippen LogP contribution in [0.4, 0.5) is 0 Å². The Bertz CT molecular complexity index is 705. The molecule has 5 N–H and O–H groups in total. The Kier molecular flexibility index (Phi) is 10.3. The predicted octanol–water partition coefficient (Wildman–Crippen LogP) is 2.15. The van der Waals surface area contributed by atoms with Crippen molar-refractivity contribution in [3.05, 3.63) is 65.7 Å². The molecule has 0 bridgehead atoms. The number of para-hydroxylation sites is 1. The maximum absolute atomic E-state index is 11.0. The quantitative estimate of drug-likeness (QED) is 0.661. The van der Waals surface area contributed by atoms with Crippen LogP contribution in [-0.2, 0) is 22.6 Å². The molecular weight excluding hydrogens is 342 g/mol. The fourth-order valence-corrected chi connectivity index (χ4v) is 2.28. The number of nitrogens with one attached hydrogen (secondary N) is 1. The van der Waals surface area contributed by atoms with Gasteiger partial charge in [-0.25, -0.2) is 0 Å². The zero-order valence-corrected chi connectivity index (χ0v) is 16.0. The molecule has 2 rings (SSSR count). The molecule has 27 heavy (non-hydrogen) atoms. The number of rotatable bonds is 8. The minimum absolute atomic E-state index is 0.0518. The molecule has 0 aromatic heterocycles. The molecule has 0 aliphatic heterocycles. The summed E-state index contributed by atoms with van der Waals surface area (Å²) in [6.45, 7) is 2.36. The lowest BCUT2D eigenvalue weighted by molar-refractivity contribution is -0.121. The van der Waals surface area contributed by atoms with E-state index in [2.05, 4.69) is 5.32 Å². The molecule has 0 radical (unpaired) electrons. The Labute approximate surface area is 160 Å². The largest absolute Gasteiger partial charge is 0.496 e. The second kappa shape index (κ2) is 12.5. The Hall–Kier alpha value is -2.86. The number of methoxy groups -OCH3 is 1. The molecule has 6 nitrogen and oxygen atoms in total. The van der Waals surface area contributed by atoms with E-state index in [1.165, 1.54) is 5.56 Å². The van der Waals surface area contributed by atoms with Crippen molar-refractivity contribution < 1.29 is 14.3 Å². The van der Waals surface area contributed by atoms with Gasteiger partial charge in [-0.1, -0.05) is 55.5 Å². The standard InChI is InChI=1S/C11H15NO2.C10H14N2O/c1-3-11(13)12-8-9-6-4-5-7-10(9)14-2;11-9(10(12)13)7-6-8-4-2-1-3-5-8/h4-7H,3,8H2,1-2H3,(H,12,13);1-5,9H,6-7,11H2,(H2,12,13)/t;9-/m.1/s1. The van der Waals surface area contributed by atoms with E-state index in [1.807, 2.05) is 61.5 Å². The molecule has 0 heterocycles. The fourth-order valence-electron chi connectivity index (χ4n) is 2.28. The van der Waals surface area contributed by atoms with Gasteiger partial charge in [0.1, 0.15) is 5.75 Å². The molecule has 0 saturated heterocycles. The van der Waals surface area contributed by atoms with E-state index in [9.17, 15) is 9.59 Å². The van der Waals surface area contributed by atoms with E-state index in [-0.39, 0.29) is 5.91 Å². The van der Waals surface area contributed by atoms with Crippen molar-refractivity contribution in [2.75, 3.05) is 7.11 Å². The van der Waals surface area contributed by atoms with Gasteiger partial charge in [0.05, 0.1) is 13.2 Å². The molecule has 0 saturated carbocycles. The van der Waals surface area contributed by atoms with Crippen molar-refractivity contribution in [1.82, 2.24) is 5.32 Å². The number of hydrogen-bond donors (Lipinski definition) is 3. The lowest BCUT2D eigenvalue weighted by atomic mass is 10.1. The van der Waals surface area contributed by atoms with Gasteiger partial charge in [0, 0.05) is 18.5 Å². The van der Waals surface area contributed by atoms with Crippen molar-refractivity contribution in [2.24, 2.45) is 11.5 Å². The van der Waals surface area contributed by atoms with Crippen LogP contribution in [0.1, 0.15) is 30.9 Å². The molecule has 0 unspecified atom stereocenters.